The van der Waals surface area contributed by atoms with Crippen molar-refractivity contribution in [1.29, 1.82) is 0 Å². The Hall–Kier alpha value is -1.11. The monoisotopic (exact) mass is 256 g/mol. The van der Waals surface area contributed by atoms with Crippen LogP contribution in [0.1, 0.15) is 19.8 Å². The summed E-state index contributed by atoms with van der Waals surface area (Å²) < 4.78 is 0. The van der Waals surface area contributed by atoms with Gasteiger partial charge in [0.2, 0.25) is 6.41 Å². The van der Waals surface area contributed by atoms with Crippen molar-refractivity contribution in [2.24, 2.45) is 5.92 Å². The van der Waals surface area contributed by atoms with E-state index in [0.29, 0.717) is 6.41 Å². The summed E-state index contributed by atoms with van der Waals surface area (Å²) in [6.07, 6.45) is 4.60. The Morgan fingerprint density at radius 2 is 2.18 bits per heavy atom. The maximum absolute atomic E-state index is 10.0. The molecule has 2 rings (SSSR count). The Bertz CT molecular complexity index is 386. The fourth-order valence-electron chi connectivity index (χ4n) is 0.937. The summed E-state index contributed by atoms with van der Waals surface area (Å²) in [7, 11) is -1.66. The topological polar surface area (TPSA) is 82.5 Å². The van der Waals surface area contributed by atoms with E-state index in [9.17, 15) is 4.79 Å². The zero-order valence-corrected chi connectivity index (χ0v) is 10.2. The first-order chi connectivity index (χ1) is 8.04. The third-order valence-electron chi connectivity index (χ3n) is 2.23. The van der Waals surface area contributed by atoms with Gasteiger partial charge in [0.15, 0.2) is 0 Å². The van der Waals surface area contributed by atoms with Gasteiger partial charge >= 0.3 is 7.12 Å². The van der Waals surface area contributed by atoms with E-state index in [1.54, 1.807) is 0 Å². The highest BCUT2D eigenvalue weighted by Gasteiger charge is 2.15. The summed E-state index contributed by atoms with van der Waals surface area (Å²) in [6, 6.07) is 1.32. The third kappa shape index (κ3) is 5.17. The quantitative estimate of drug-likeness (QED) is 0.540. The summed E-state index contributed by atoms with van der Waals surface area (Å²) >= 11 is 5.64. The van der Waals surface area contributed by atoms with Gasteiger partial charge < -0.3 is 15.4 Å². The summed E-state index contributed by atoms with van der Waals surface area (Å²) in [4.78, 5) is 13.7. The van der Waals surface area contributed by atoms with Gasteiger partial charge in [-0.15, -0.1) is 0 Å². The van der Waals surface area contributed by atoms with Crippen molar-refractivity contribution in [3.8, 4) is 0 Å². The molecular formula is C10H14BClN2O3. The SMILES string of the molecule is CC1CC1.O=CNc1cc(Cl)c(B(O)O)cn1. The zero-order chi connectivity index (χ0) is 12.8. The van der Waals surface area contributed by atoms with E-state index in [0.717, 1.165) is 5.92 Å². The molecule has 1 aromatic heterocycles. The van der Waals surface area contributed by atoms with Gasteiger partial charge in [-0.3, -0.25) is 4.79 Å². The molecule has 0 aliphatic heterocycles. The minimum Gasteiger partial charge on any atom is -0.423 e. The van der Waals surface area contributed by atoms with Gasteiger partial charge in [-0.1, -0.05) is 31.4 Å². The number of nitrogens with one attached hydrogen (secondary N) is 1. The molecule has 0 aromatic carbocycles. The average Bonchev–Trinajstić information content (AvgIpc) is 3.01. The second-order valence-corrected chi connectivity index (χ2v) is 4.32. The Labute approximate surface area is 105 Å². The molecule has 1 amide bonds. The average molecular weight is 256 g/mol. The fourth-order valence-corrected chi connectivity index (χ4v) is 1.19. The van der Waals surface area contributed by atoms with Gasteiger partial charge in [-0.2, -0.15) is 0 Å². The van der Waals surface area contributed by atoms with Crippen LogP contribution in [0, 0.1) is 5.92 Å². The maximum atomic E-state index is 10.0. The number of anilines is 1. The fraction of sp³-hybridized carbons (Fsp3) is 0.400. The highest BCUT2D eigenvalue weighted by atomic mass is 35.5. The normalized spacial score (nSPS) is 13.4. The van der Waals surface area contributed by atoms with Crippen LogP contribution in [0.15, 0.2) is 12.3 Å². The van der Waals surface area contributed by atoms with Crippen molar-refractivity contribution in [3.05, 3.63) is 17.3 Å². The van der Waals surface area contributed by atoms with Crippen molar-refractivity contribution in [2.45, 2.75) is 19.8 Å². The molecule has 1 aliphatic carbocycles. The van der Waals surface area contributed by atoms with Crippen LogP contribution >= 0.6 is 11.6 Å². The van der Waals surface area contributed by atoms with Crippen molar-refractivity contribution >= 4 is 36.4 Å². The van der Waals surface area contributed by atoms with E-state index in [1.807, 2.05) is 0 Å². The van der Waals surface area contributed by atoms with Gasteiger partial charge in [0.1, 0.15) is 5.82 Å². The number of nitrogens with zero attached hydrogens (tertiary/aromatic N) is 1. The van der Waals surface area contributed by atoms with Crippen LogP contribution in [0.4, 0.5) is 5.82 Å². The number of hydrogen-bond donors (Lipinski definition) is 3. The number of rotatable bonds is 3. The predicted octanol–water partition coefficient (Wildman–Crippen LogP) is 0.399. The summed E-state index contributed by atoms with van der Waals surface area (Å²) in [5, 5.41) is 19.9. The molecule has 7 heteroatoms. The number of amides is 1. The van der Waals surface area contributed by atoms with E-state index in [2.05, 4.69) is 17.2 Å². The molecule has 5 nitrogen and oxygen atoms in total. The highest BCUT2D eigenvalue weighted by Crippen LogP contribution is 2.26. The van der Waals surface area contributed by atoms with Crippen LogP contribution in [0.25, 0.3) is 0 Å². The van der Waals surface area contributed by atoms with Gasteiger partial charge in [0, 0.05) is 16.7 Å². The molecule has 1 aliphatic rings. The lowest BCUT2D eigenvalue weighted by Crippen LogP contribution is -2.31. The molecule has 1 heterocycles. The number of hydrogen-bond acceptors (Lipinski definition) is 4. The lowest BCUT2D eigenvalue weighted by molar-refractivity contribution is -0.105. The molecule has 0 radical (unpaired) electrons. The Morgan fingerprint density at radius 1 is 1.59 bits per heavy atom. The van der Waals surface area contributed by atoms with E-state index in [4.69, 9.17) is 21.6 Å². The van der Waals surface area contributed by atoms with E-state index < -0.39 is 7.12 Å². The van der Waals surface area contributed by atoms with Gasteiger partial charge in [-0.25, -0.2) is 4.98 Å². The smallest absolute Gasteiger partial charge is 0.423 e. The summed E-state index contributed by atoms with van der Waals surface area (Å²) in [6.45, 7) is 2.28. The van der Waals surface area contributed by atoms with Gasteiger partial charge in [-0.05, 0) is 12.0 Å². The second-order valence-electron chi connectivity index (χ2n) is 3.91. The lowest BCUT2D eigenvalue weighted by atomic mass is 9.81. The molecule has 0 bridgehead atoms. The number of halogens is 1. The molecule has 1 aromatic rings. The molecule has 0 spiro atoms. The molecular weight excluding hydrogens is 242 g/mol. The molecule has 0 atom stereocenters. The minimum absolute atomic E-state index is 0.0955. The minimum atomic E-state index is -1.66. The zero-order valence-electron chi connectivity index (χ0n) is 9.43. The molecule has 3 N–H and O–H groups in total. The van der Waals surface area contributed by atoms with Crippen molar-refractivity contribution in [1.82, 2.24) is 4.98 Å². The molecule has 0 unspecified atom stereocenters. The van der Waals surface area contributed by atoms with Crippen LogP contribution in [0.5, 0.6) is 0 Å². The van der Waals surface area contributed by atoms with Crippen LogP contribution in [0.2, 0.25) is 5.02 Å². The predicted molar refractivity (Wildman–Crippen MR) is 67.2 cm³/mol. The first-order valence-corrected chi connectivity index (χ1v) is 5.64. The second kappa shape index (κ2) is 6.59. The highest BCUT2D eigenvalue weighted by molar-refractivity contribution is 6.62. The molecule has 1 fully saturated rings. The van der Waals surface area contributed by atoms with E-state index in [1.165, 1.54) is 25.1 Å². The first kappa shape index (κ1) is 14.0. The van der Waals surface area contributed by atoms with Gasteiger partial charge in [0.25, 0.3) is 0 Å². The van der Waals surface area contributed by atoms with Crippen molar-refractivity contribution in [3.63, 3.8) is 0 Å². The van der Waals surface area contributed by atoms with Crippen LogP contribution < -0.4 is 10.8 Å². The lowest BCUT2D eigenvalue weighted by Gasteiger charge is -2.03. The Balaban J connectivity index is 0.000000302. The maximum Gasteiger partial charge on any atom is 0.491 e. The number of pyridine rings is 1. The largest absolute Gasteiger partial charge is 0.491 e. The number of aromatic nitrogens is 1. The van der Waals surface area contributed by atoms with Crippen LogP contribution in [0.3, 0.4) is 0 Å². The van der Waals surface area contributed by atoms with Crippen molar-refractivity contribution < 1.29 is 14.8 Å². The summed E-state index contributed by atoms with van der Waals surface area (Å²) in [5.41, 5.74) is 0.0955. The Morgan fingerprint density at radius 3 is 2.53 bits per heavy atom. The molecule has 0 saturated heterocycles. The third-order valence-corrected chi connectivity index (χ3v) is 2.56. The van der Waals surface area contributed by atoms with E-state index in [-0.39, 0.29) is 16.3 Å². The molecule has 17 heavy (non-hydrogen) atoms. The molecule has 1 saturated carbocycles. The standard InChI is InChI=1S/C6H6BClN2O3.C4H8/c8-5-1-6(10-3-11)9-2-4(5)7(12)13;1-4-2-3-4/h1-3,12-13H,(H,9,10,11);4H,2-3H2,1H3. The van der Waals surface area contributed by atoms with Crippen molar-refractivity contribution in [2.75, 3.05) is 5.32 Å². The van der Waals surface area contributed by atoms with Gasteiger partial charge in [0.05, 0.1) is 0 Å². The van der Waals surface area contributed by atoms with E-state index >= 15 is 0 Å². The first-order valence-electron chi connectivity index (χ1n) is 5.26. The van der Waals surface area contributed by atoms with Crippen LogP contribution in [-0.4, -0.2) is 28.6 Å². The molecule has 92 valence electrons. The Kier molecular flexibility index (Phi) is 5.41. The van der Waals surface area contributed by atoms with Crippen LogP contribution in [-0.2, 0) is 4.79 Å². The number of carbonyl (C=O) groups is 1. The number of carbonyl (C=O) groups excluding carboxylic acids is 1. The summed E-state index contributed by atoms with van der Waals surface area (Å²) in [5.74, 6) is 1.34.